The number of ether oxygens (including phenoxy) is 1. The summed E-state index contributed by atoms with van der Waals surface area (Å²) in [6.45, 7) is 3.65. The number of aryl methyl sites for hydroxylation is 1. The van der Waals surface area contributed by atoms with E-state index in [9.17, 15) is 4.79 Å². The summed E-state index contributed by atoms with van der Waals surface area (Å²) in [5, 5.41) is 9.27. The van der Waals surface area contributed by atoms with E-state index in [1.165, 1.54) is 0 Å². The highest BCUT2D eigenvalue weighted by atomic mass is 35.5. The normalized spacial score (nSPS) is 12.3. The zero-order valence-electron chi connectivity index (χ0n) is 14.6. The Morgan fingerprint density at radius 3 is 2.63 bits per heavy atom. The number of furan rings is 1. The van der Waals surface area contributed by atoms with E-state index in [0.29, 0.717) is 16.5 Å². The summed E-state index contributed by atoms with van der Waals surface area (Å²) < 4.78 is 16.5. The lowest BCUT2D eigenvalue weighted by Crippen LogP contribution is -2.08. The number of carbonyl (C=O) groups is 1. The van der Waals surface area contributed by atoms with Crippen LogP contribution in [0, 0.1) is 6.92 Å². The third-order valence-electron chi connectivity index (χ3n) is 4.05. The molecule has 2 aromatic heterocycles. The molecule has 0 saturated carbocycles. The Labute approximate surface area is 159 Å². The first-order valence-corrected chi connectivity index (χ1v) is 8.68. The van der Waals surface area contributed by atoms with Gasteiger partial charge in [0, 0.05) is 16.0 Å². The van der Waals surface area contributed by atoms with Crippen LogP contribution in [0.15, 0.2) is 57.4 Å². The topological polar surface area (TPSA) is 78.4 Å². The number of carbonyl (C=O) groups excluding carboxylic acids is 1. The molecule has 0 bridgehead atoms. The molecule has 27 heavy (non-hydrogen) atoms. The van der Waals surface area contributed by atoms with Gasteiger partial charge in [0.25, 0.3) is 5.89 Å². The van der Waals surface area contributed by atoms with Gasteiger partial charge in [-0.2, -0.15) is 0 Å². The standard InChI is InChI=1S/C20H15ClN2O4/c1-11-3-5-13(6-4-11)19-23-22-18(27-19)12(2)25-20(24)17-10-14-9-15(21)7-8-16(14)26-17/h3-10,12H,1-2H3/t12-/m0/s1. The van der Waals surface area contributed by atoms with E-state index in [0.717, 1.165) is 16.5 Å². The molecule has 4 rings (SSSR count). The van der Waals surface area contributed by atoms with Gasteiger partial charge in [0.05, 0.1) is 0 Å². The lowest BCUT2D eigenvalue weighted by Gasteiger charge is -2.07. The second-order valence-electron chi connectivity index (χ2n) is 6.15. The number of hydrogen-bond acceptors (Lipinski definition) is 6. The van der Waals surface area contributed by atoms with Crippen molar-refractivity contribution >= 4 is 28.5 Å². The third-order valence-corrected chi connectivity index (χ3v) is 4.29. The minimum Gasteiger partial charge on any atom is -0.449 e. The molecule has 2 heterocycles. The van der Waals surface area contributed by atoms with Gasteiger partial charge in [-0.05, 0) is 50.2 Å². The average Bonchev–Trinajstić information content (AvgIpc) is 3.29. The highest BCUT2D eigenvalue weighted by Crippen LogP contribution is 2.26. The lowest BCUT2D eigenvalue weighted by molar-refractivity contribution is 0.0247. The molecular formula is C20H15ClN2O4. The van der Waals surface area contributed by atoms with Gasteiger partial charge in [0.2, 0.25) is 11.7 Å². The number of hydrogen-bond donors (Lipinski definition) is 0. The first kappa shape index (κ1) is 17.3. The van der Waals surface area contributed by atoms with Crippen molar-refractivity contribution in [1.82, 2.24) is 10.2 Å². The summed E-state index contributed by atoms with van der Waals surface area (Å²) in [6, 6.07) is 14.4. The Morgan fingerprint density at radius 2 is 1.85 bits per heavy atom. The maximum Gasteiger partial charge on any atom is 0.375 e. The number of esters is 1. The fourth-order valence-electron chi connectivity index (χ4n) is 2.60. The smallest absolute Gasteiger partial charge is 0.375 e. The summed E-state index contributed by atoms with van der Waals surface area (Å²) in [5.74, 6) is 0.0339. The molecule has 0 fully saturated rings. The Balaban J connectivity index is 1.50. The summed E-state index contributed by atoms with van der Waals surface area (Å²) in [6.07, 6.45) is -0.721. The van der Waals surface area contributed by atoms with E-state index in [1.54, 1.807) is 31.2 Å². The van der Waals surface area contributed by atoms with Crippen molar-refractivity contribution in [3.05, 3.63) is 70.8 Å². The highest BCUT2D eigenvalue weighted by molar-refractivity contribution is 6.31. The molecule has 2 aromatic carbocycles. The Morgan fingerprint density at radius 1 is 1.07 bits per heavy atom. The van der Waals surface area contributed by atoms with Crippen LogP contribution in [0.5, 0.6) is 0 Å². The Bertz CT molecular complexity index is 1110. The van der Waals surface area contributed by atoms with Gasteiger partial charge in [-0.25, -0.2) is 4.79 Å². The lowest BCUT2D eigenvalue weighted by atomic mass is 10.1. The quantitative estimate of drug-likeness (QED) is 0.442. The van der Waals surface area contributed by atoms with E-state index >= 15 is 0 Å². The number of nitrogens with zero attached hydrogens (tertiary/aromatic N) is 2. The van der Waals surface area contributed by atoms with E-state index < -0.39 is 12.1 Å². The summed E-state index contributed by atoms with van der Waals surface area (Å²) >= 11 is 5.95. The van der Waals surface area contributed by atoms with Crippen molar-refractivity contribution in [2.24, 2.45) is 0 Å². The zero-order valence-corrected chi connectivity index (χ0v) is 15.4. The summed E-state index contributed by atoms with van der Waals surface area (Å²) in [5.41, 5.74) is 2.48. The van der Waals surface area contributed by atoms with E-state index in [-0.39, 0.29) is 11.7 Å². The molecule has 0 amide bonds. The van der Waals surface area contributed by atoms with Crippen LogP contribution in [-0.2, 0) is 4.74 Å². The number of benzene rings is 2. The second kappa shape index (κ2) is 6.89. The predicted molar refractivity (Wildman–Crippen MR) is 99.5 cm³/mol. The number of aromatic nitrogens is 2. The fraction of sp³-hybridized carbons (Fsp3) is 0.150. The molecule has 0 spiro atoms. The van der Waals surface area contributed by atoms with Crippen molar-refractivity contribution in [1.29, 1.82) is 0 Å². The van der Waals surface area contributed by atoms with Gasteiger partial charge < -0.3 is 13.6 Å². The van der Waals surface area contributed by atoms with Crippen LogP contribution in [0.25, 0.3) is 22.4 Å². The average molecular weight is 383 g/mol. The van der Waals surface area contributed by atoms with E-state index in [2.05, 4.69) is 10.2 Å². The van der Waals surface area contributed by atoms with E-state index in [1.807, 2.05) is 31.2 Å². The van der Waals surface area contributed by atoms with Crippen LogP contribution in [0.3, 0.4) is 0 Å². The molecule has 0 unspecified atom stereocenters. The van der Waals surface area contributed by atoms with Gasteiger partial charge in [-0.1, -0.05) is 29.3 Å². The van der Waals surface area contributed by atoms with Crippen molar-refractivity contribution in [3.8, 4) is 11.5 Å². The maximum absolute atomic E-state index is 12.4. The van der Waals surface area contributed by atoms with Crippen LogP contribution >= 0.6 is 11.6 Å². The molecule has 0 aliphatic rings. The Kier molecular flexibility index (Phi) is 4.41. The van der Waals surface area contributed by atoms with Gasteiger partial charge in [-0.15, -0.1) is 10.2 Å². The van der Waals surface area contributed by atoms with Crippen molar-refractivity contribution in [2.75, 3.05) is 0 Å². The van der Waals surface area contributed by atoms with Gasteiger partial charge in [-0.3, -0.25) is 0 Å². The van der Waals surface area contributed by atoms with Crippen LogP contribution in [0.1, 0.15) is 35.0 Å². The molecule has 6 nitrogen and oxygen atoms in total. The van der Waals surface area contributed by atoms with Crippen LogP contribution in [0.4, 0.5) is 0 Å². The van der Waals surface area contributed by atoms with Crippen molar-refractivity contribution in [2.45, 2.75) is 20.0 Å². The minimum atomic E-state index is -0.721. The van der Waals surface area contributed by atoms with Gasteiger partial charge in [0.15, 0.2) is 6.10 Å². The second-order valence-corrected chi connectivity index (χ2v) is 6.59. The largest absolute Gasteiger partial charge is 0.449 e. The third kappa shape index (κ3) is 3.57. The number of rotatable bonds is 4. The summed E-state index contributed by atoms with van der Waals surface area (Å²) in [7, 11) is 0. The van der Waals surface area contributed by atoms with Gasteiger partial charge >= 0.3 is 5.97 Å². The molecule has 0 aliphatic carbocycles. The van der Waals surface area contributed by atoms with Crippen LogP contribution in [-0.4, -0.2) is 16.2 Å². The van der Waals surface area contributed by atoms with Crippen LogP contribution in [0.2, 0.25) is 5.02 Å². The fourth-order valence-corrected chi connectivity index (χ4v) is 2.78. The molecule has 7 heteroatoms. The highest BCUT2D eigenvalue weighted by Gasteiger charge is 2.22. The van der Waals surface area contributed by atoms with Crippen molar-refractivity contribution in [3.63, 3.8) is 0 Å². The molecule has 1 atom stereocenters. The molecule has 0 radical (unpaired) electrons. The minimum absolute atomic E-state index is 0.0809. The van der Waals surface area contributed by atoms with Gasteiger partial charge in [0.1, 0.15) is 5.58 Å². The van der Waals surface area contributed by atoms with Crippen molar-refractivity contribution < 1.29 is 18.4 Å². The number of halogens is 1. The molecule has 0 N–H and O–H groups in total. The molecule has 0 saturated heterocycles. The van der Waals surface area contributed by atoms with E-state index in [4.69, 9.17) is 25.2 Å². The molecular weight excluding hydrogens is 368 g/mol. The first-order valence-electron chi connectivity index (χ1n) is 8.30. The predicted octanol–water partition coefficient (Wildman–Crippen LogP) is 5.36. The monoisotopic (exact) mass is 382 g/mol. The molecule has 136 valence electrons. The molecule has 4 aromatic rings. The SMILES string of the molecule is Cc1ccc(-c2nnc([C@H](C)OC(=O)c3cc4cc(Cl)ccc4o3)o2)cc1. The zero-order chi connectivity index (χ0) is 19.0. The van der Waals surface area contributed by atoms with Crippen LogP contribution < -0.4 is 0 Å². The first-order chi connectivity index (χ1) is 13.0. The molecule has 0 aliphatic heterocycles. The number of fused-ring (bicyclic) bond motifs is 1. The summed E-state index contributed by atoms with van der Waals surface area (Å²) in [4.78, 5) is 12.4. The maximum atomic E-state index is 12.4. The Hall–Kier alpha value is -3.12.